The van der Waals surface area contributed by atoms with Crippen LogP contribution in [0.3, 0.4) is 0 Å². The highest BCUT2D eigenvalue weighted by atomic mass is 16.5. The average Bonchev–Trinajstić information content (AvgIpc) is 3.04. The lowest BCUT2D eigenvalue weighted by molar-refractivity contribution is -0.120. The third-order valence-corrected chi connectivity index (χ3v) is 5.41. The molecule has 1 aliphatic heterocycles. The minimum absolute atomic E-state index is 0.209. The number of carbonyl (C=O) groups is 2. The summed E-state index contributed by atoms with van der Waals surface area (Å²) in [5, 5.41) is 3.18. The minimum atomic E-state index is -0.443. The molecule has 1 aliphatic rings. The van der Waals surface area contributed by atoms with Crippen molar-refractivity contribution in [1.82, 2.24) is 0 Å². The Morgan fingerprint density at radius 2 is 1.61 bits per heavy atom. The summed E-state index contributed by atoms with van der Waals surface area (Å²) in [4.78, 5) is 28.5. The maximum atomic E-state index is 13.7. The van der Waals surface area contributed by atoms with Gasteiger partial charge in [-0.05, 0) is 56.2 Å². The summed E-state index contributed by atoms with van der Waals surface area (Å²) in [5.41, 5.74) is 4.22. The highest BCUT2D eigenvalue weighted by molar-refractivity contribution is 6.46. The lowest BCUT2D eigenvalue weighted by Crippen LogP contribution is -2.32. The van der Waals surface area contributed by atoms with Gasteiger partial charge in [-0.3, -0.25) is 9.59 Å². The molecule has 0 bridgehead atoms. The van der Waals surface area contributed by atoms with Crippen LogP contribution in [-0.2, 0) is 9.59 Å². The second kappa shape index (κ2) is 9.20. The number of amides is 2. The second-order valence-corrected chi connectivity index (χ2v) is 7.82. The summed E-state index contributed by atoms with van der Waals surface area (Å²) in [7, 11) is 1.52. The molecule has 0 aromatic heterocycles. The molecule has 6 nitrogen and oxygen atoms in total. The van der Waals surface area contributed by atoms with E-state index >= 15 is 0 Å². The summed E-state index contributed by atoms with van der Waals surface area (Å²) < 4.78 is 11.0. The number of rotatable bonds is 7. The van der Waals surface area contributed by atoms with Gasteiger partial charge in [-0.25, -0.2) is 4.90 Å². The zero-order valence-corrected chi connectivity index (χ0v) is 19.1. The molecule has 3 aromatic carbocycles. The second-order valence-electron chi connectivity index (χ2n) is 7.82. The van der Waals surface area contributed by atoms with E-state index < -0.39 is 11.8 Å². The number of nitrogens with one attached hydrogen (secondary N) is 1. The van der Waals surface area contributed by atoms with Gasteiger partial charge < -0.3 is 14.8 Å². The van der Waals surface area contributed by atoms with Crippen molar-refractivity contribution < 1.29 is 19.1 Å². The molecule has 0 spiro atoms. The Kier molecular flexibility index (Phi) is 6.18. The standard InChI is InChI=1S/C27H26N2O4/c1-5-33-21-8-6-7-20(16-21)28-25-24(19-12-9-17(2)10-13-19)26(30)29(27(25)31)22-15-18(3)11-14-23(22)32-4/h6-16,28H,5H2,1-4H3. The van der Waals surface area contributed by atoms with Crippen LogP contribution in [0.15, 0.2) is 72.4 Å². The Morgan fingerprint density at radius 1 is 0.879 bits per heavy atom. The fourth-order valence-electron chi connectivity index (χ4n) is 3.80. The number of imide groups is 1. The monoisotopic (exact) mass is 442 g/mol. The van der Waals surface area contributed by atoms with Crippen LogP contribution >= 0.6 is 0 Å². The van der Waals surface area contributed by atoms with Gasteiger partial charge in [-0.2, -0.15) is 0 Å². The highest BCUT2D eigenvalue weighted by Crippen LogP contribution is 2.38. The van der Waals surface area contributed by atoms with E-state index in [-0.39, 0.29) is 5.70 Å². The average molecular weight is 443 g/mol. The number of nitrogens with zero attached hydrogens (tertiary/aromatic N) is 1. The van der Waals surface area contributed by atoms with Crippen molar-refractivity contribution in [2.45, 2.75) is 20.8 Å². The Balaban J connectivity index is 1.83. The third kappa shape index (κ3) is 4.32. The Morgan fingerprint density at radius 3 is 2.30 bits per heavy atom. The van der Waals surface area contributed by atoms with Gasteiger partial charge in [0, 0.05) is 11.8 Å². The minimum Gasteiger partial charge on any atom is -0.495 e. The third-order valence-electron chi connectivity index (χ3n) is 5.41. The van der Waals surface area contributed by atoms with Gasteiger partial charge in [0.25, 0.3) is 11.8 Å². The van der Waals surface area contributed by atoms with E-state index in [0.717, 1.165) is 11.1 Å². The van der Waals surface area contributed by atoms with Crippen LogP contribution < -0.4 is 19.7 Å². The van der Waals surface area contributed by atoms with Crippen LogP contribution in [-0.4, -0.2) is 25.5 Å². The van der Waals surface area contributed by atoms with Crippen LogP contribution in [0.1, 0.15) is 23.6 Å². The number of anilines is 2. The van der Waals surface area contributed by atoms with Gasteiger partial charge in [0.1, 0.15) is 17.2 Å². The van der Waals surface area contributed by atoms with Crippen LogP contribution in [0.5, 0.6) is 11.5 Å². The largest absolute Gasteiger partial charge is 0.495 e. The van der Waals surface area contributed by atoms with Crippen molar-refractivity contribution in [3.63, 3.8) is 0 Å². The predicted octanol–water partition coefficient (Wildman–Crippen LogP) is 5.11. The van der Waals surface area contributed by atoms with Crippen LogP contribution in [0, 0.1) is 13.8 Å². The van der Waals surface area contributed by atoms with Crippen molar-refractivity contribution in [3.05, 3.63) is 89.1 Å². The maximum absolute atomic E-state index is 13.7. The molecular weight excluding hydrogens is 416 g/mol. The summed E-state index contributed by atoms with van der Waals surface area (Å²) >= 11 is 0. The van der Waals surface area contributed by atoms with Crippen molar-refractivity contribution in [2.24, 2.45) is 0 Å². The molecule has 3 aromatic rings. The van der Waals surface area contributed by atoms with Crippen molar-refractivity contribution in [3.8, 4) is 11.5 Å². The number of hydrogen-bond acceptors (Lipinski definition) is 5. The molecule has 0 unspecified atom stereocenters. The zero-order valence-electron chi connectivity index (χ0n) is 19.1. The quantitative estimate of drug-likeness (QED) is 0.515. The molecule has 168 valence electrons. The van der Waals surface area contributed by atoms with Crippen molar-refractivity contribution in [1.29, 1.82) is 0 Å². The first-order chi connectivity index (χ1) is 15.9. The molecule has 33 heavy (non-hydrogen) atoms. The molecule has 1 N–H and O–H groups in total. The van der Waals surface area contributed by atoms with E-state index in [2.05, 4.69) is 5.32 Å². The number of methoxy groups -OCH3 is 1. The molecule has 0 saturated carbocycles. The molecule has 0 fully saturated rings. The number of carbonyl (C=O) groups excluding carboxylic acids is 2. The topological polar surface area (TPSA) is 67.9 Å². The predicted molar refractivity (Wildman–Crippen MR) is 130 cm³/mol. The first kappa shape index (κ1) is 22.1. The number of ether oxygens (including phenoxy) is 2. The Bertz CT molecular complexity index is 1250. The van der Waals surface area contributed by atoms with E-state index in [0.29, 0.717) is 40.6 Å². The van der Waals surface area contributed by atoms with Crippen LogP contribution in [0.2, 0.25) is 0 Å². The fraction of sp³-hybridized carbons (Fsp3) is 0.185. The molecule has 0 aliphatic carbocycles. The maximum Gasteiger partial charge on any atom is 0.282 e. The van der Waals surface area contributed by atoms with Crippen molar-refractivity contribution in [2.75, 3.05) is 23.9 Å². The summed E-state index contributed by atoms with van der Waals surface area (Å²) in [5.74, 6) is 0.275. The molecule has 4 rings (SSSR count). The smallest absolute Gasteiger partial charge is 0.282 e. The van der Waals surface area contributed by atoms with E-state index in [9.17, 15) is 9.59 Å². The summed E-state index contributed by atoms with van der Waals surface area (Å²) in [6, 6.07) is 20.3. The van der Waals surface area contributed by atoms with Gasteiger partial charge in [0.2, 0.25) is 0 Å². The normalized spacial score (nSPS) is 13.5. The van der Waals surface area contributed by atoms with Gasteiger partial charge in [0.05, 0.1) is 25.0 Å². The molecule has 6 heteroatoms. The molecule has 0 atom stereocenters. The summed E-state index contributed by atoms with van der Waals surface area (Å²) in [6.45, 7) is 6.31. The van der Waals surface area contributed by atoms with Crippen LogP contribution in [0.4, 0.5) is 11.4 Å². The Labute approximate surface area is 193 Å². The van der Waals surface area contributed by atoms with E-state index in [1.54, 1.807) is 18.2 Å². The van der Waals surface area contributed by atoms with Crippen molar-refractivity contribution >= 4 is 28.8 Å². The molecular formula is C27H26N2O4. The van der Waals surface area contributed by atoms with E-state index in [1.165, 1.54) is 12.0 Å². The zero-order chi connectivity index (χ0) is 23.5. The first-order valence-corrected chi connectivity index (χ1v) is 10.8. The lowest BCUT2D eigenvalue weighted by Gasteiger charge is -2.19. The number of benzene rings is 3. The van der Waals surface area contributed by atoms with E-state index in [4.69, 9.17) is 9.47 Å². The SMILES string of the molecule is CCOc1cccc(NC2=C(c3ccc(C)cc3)C(=O)N(c3cc(C)ccc3OC)C2=O)c1. The molecule has 0 radical (unpaired) electrons. The van der Waals surface area contributed by atoms with Gasteiger partial charge in [0.15, 0.2) is 0 Å². The van der Waals surface area contributed by atoms with Gasteiger partial charge in [-0.1, -0.05) is 42.0 Å². The summed E-state index contributed by atoms with van der Waals surface area (Å²) in [6.07, 6.45) is 0. The fourth-order valence-corrected chi connectivity index (χ4v) is 3.80. The molecule has 0 saturated heterocycles. The number of hydrogen-bond donors (Lipinski definition) is 1. The van der Waals surface area contributed by atoms with Gasteiger partial charge >= 0.3 is 0 Å². The Hall–Kier alpha value is -4.06. The highest BCUT2D eigenvalue weighted by Gasteiger charge is 2.41. The van der Waals surface area contributed by atoms with Crippen LogP contribution in [0.25, 0.3) is 5.57 Å². The first-order valence-electron chi connectivity index (χ1n) is 10.8. The molecule has 2 amide bonds. The molecule has 1 heterocycles. The van der Waals surface area contributed by atoms with E-state index in [1.807, 2.05) is 69.3 Å². The van der Waals surface area contributed by atoms with Gasteiger partial charge in [-0.15, -0.1) is 0 Å². The number of aryl methyl sites for hydroxylation is 2. The lowest BCUT2D eigenvalue weighted by atomic mass is 10.0.